The highest BCUT2D eigenvalue weighted by Crippen LogP contribution is 2.37. The van der Waals surface area contributed by atoms with Crippen LogP contribution in [-0.2, 0) is 6.54 Å². The van der Waals surface area contributed by atoms with E-state index in [9.17, 15) is 9.90 Å². The Hall–Kier alpha value is -1.52. The second-order valence-corrected chi connectivity index (χ2v) is 4.47. The first-order valence-corrected chi connectivity index (χ1v) is 5.28. The van der Waals surface area contributed by atoms with Gasteiger partial charge in [-0.15, -0.1) is 0 Å². The Morgan fingerprint density at radius 3 is 2.93 bits per heavy atom. The molecule has 0 saturated heterocycles. The molecular weight excluding hydrogens is 194 g/mol. The molecule has 1 aromatic heterocycles. The predicted octanol–water partition coefficient (Wildman–Crippen LogP) is 0.687. The number of aromatic hydroxyl groups is 1. The summed E-state index contributed by atoms with van der Waals surface area (Å²) in [6, 6.07) is 1.17. The molecule has 1 aliphatic carbocycles. The lowest BCUT2D eigenvalue weighted by Gasteiger charge is -2.21. The van der Waals surface area contributed by atoms with E-state index in [4.69, 9.17) is 0 Å². The first-order valence-electron chi connectivity index (χ1n) is 5.28. The van der Waals surface area contributed by atoms with Crippen molar-refractivity contribution < 1.29 is 5.11 Å². The van der Waals surface area contributed by atoms with Crippen molar-refractivity contribution in [3.63, 3.8) is 0 Å². The standard InChI is InChI=1S/C10H13N3O2/c14-7-5-8(15)13-6-10(3-1-2-4-10)12-9(13)11-7/h5,14H,1-4,6H2,(H,11,12). The zero-order valence-corrected chi connectivity index (χ0v) is 8.36. The van der Waals surface area contributed by atoms with E-state index in [1.54, 1.807) is 4.57 Å². The lowest BCUT2D eigenvalue weighted by Crippen LogP contribution is -2.33. The minimum atomic E-state index is -0.200. The molecule has 1 aliphatic heterocycles. The minimum absolute atomic E-state index is 0.0208. The van der Waals surface area contributed by atoms with Crippen LogP contribution in [0.15, 0.2) is 10.9 Å². The second kappa shape index (κ2) is 2.74. The first-order chi connectivity index (χ1) is 7.19. The Kier molecular flexibility index (Phi) is 1.60. The molecule has 15 heavy (non-hydrogen) atoms. The van der Waals surface area contributed by atoms with Gasteiger partial charge in [-0.25, -0.2) is 0 Å². The fourth-order valence-corrected chi connectivity index (χ4v) is 2.66. The number of hydrogen-bond acceptors (Lipinski definition) is 4. The van der Waals surface area contributed by atoms with Crippen molar-refractivity contribution in [3.05, 3.63) is 16.4 Å². The fourth-order valence-electron chi connectivity index (χ4n) is 2.66. The van der Waals surface area contributed by atoms with Gasteiger partial charge in [0.2, 0.25) is 11.8 Å². The number of hydrogen-bond donors (Lipinski definition) is 2. The van der Waals surface area contributed by atoms with Crippen LogP contribution in [0, 0.1) is 0 Å². The van der Waals surface area contributed by atoms with Crippen LogP contribution in [0.25, 0.3) is 0 Å². The predicted molar refractivity (Wildman–Crippen MR) is 55.0 cm³/mol. The highest BCUT2D eigenvalue weighted by molar-refractivity contribution is 5.38. The van der Waals surface area contributed by atoms with Crippen molar-refractivity contribution in [3.8, 4) is 5.88 Å². The number of anilines is 1. The van der Waals surface area contributed by atoms with Gasteiger partial charge in [0.15, 0.2) is 0 Å². The molecule has 3 rings (SSSR count). The zero-order chi connectivity index (χ0) is 10.5. The van der Waals surface area contributed by atoms with E-state index < -0.39 is 0 Å². The SMILES string of the molecule is O=c1cc(O)nc2n1CC1(CCCC1)N2. The number of rotatable bonds is 0. The Balaban J connectivity index is 2.06. The smallest absolute Gasteiger partial charge is 0.258 e. The molecule has 0 atom stereocenters. The van der Waals surface area contributed by atoms with E-state index in [-0.39, 0.29) is 17.0 Å². The number of fused-ring (bicyclic) bond motifs is 1. The molecule has 0 aromatic carbocycles. The molecule has 1 aromatic rings. The molecule has 0 radical (unpaired) electrons. The summed E-state index contributed by atoms with van der Waals surface area (Å²) < 4.78 is 1.62. The summed E-state index contributed by atoms with van der Waals surface area (Å²) in [4.78, 5) is 15.5. The Labute approximate surface area is 86.8 Å². The van der Waals surface area contributed by atoms with Gasteiger partial charge >= 0.3 is 0 Å². The summed E-state index contributed by atoms with van der Waals surface area (Å²) in [7, 11) is 0. The van der Waals surface area contributed by atoms with Gasteiger partial charge in [0.25, 0.3) is 5.56 Å². The molecule has 0 unspecified atom stereocenters. The van der Waals surface area contributed by atoms with Crippen LogP contribution in [0.5, 0.6) is 5.88 Å². The number of nitrogens with one attached hydrogen (secondary N) is 1. The largest absolute Gasteiger partial charge is 0.493 e. The molecule has 1 saturated carbocycles. The van der Waals surface area contributed by atoms with Gasteiger partial charge < -0.3 is 10.4 Å². The quantitative estimate of drug-likeness (QED) is 0.656. The first kappa shape index (κ1) is 8.76. The van der Waals surface area contributed by atoms with Crippen molar-refractivity contribution in [2.75, 3.05) is 5.32 Å². The third kappa shape index (κ3) is 1.22. The minimum Gasteiger partial charge on any atom is -0.493 e. The average Bonchev–Trinajstić information content (AvgIpc) is 2.74. The van der Waals surface area contributed by atoms with Crippen molar-refractivity contribution in [2.24, 2.45) is 0 Å². The summed E-state index contributed by atoms with van der Waals surface area (Å²) in [6.45, 7) is 0.689. The van der Waals surface area contributed by atoms with E-state index in [1.165, 1.54) is 18.9 Å². The summed E-state index contributed by atoms with van der Waals surface area (Å²) in [5, 5.41) is 12.5. The highest BCUT2D eigenvalue weighted by Gasteiger charge is 2.40. The van der Waals surface area contributed by atoms with Crippen LogP contribution >= 0.6 is 0 Å². The van der Waals surface area contributed by atoms with Crippen LogP contribution in [0.4, 0.5) is 5.95 Å². The summed E-state index contributed by atoms with van der Waals surface area (Å²) in [5.74, 6) is 0.315. The van der Waals surface area contributed by atoms with E-state index in [1.807, 2.05) is 0 Å². The molecule has 80 valence electrons. The molecule has 2 N–H and O–H groups in total. The topological polar surface area (TPSA) is 67.1 Å². The third-order valence-electron chi connectivity index (χ3n) is 3.39. The fraction of sp³-hybridized carbons (Fsp3) is 0.600. The molecule has 0 amide bonds. The van der Waals surface area contributed by atoms with Crippen molar-refractivity contribution in [1.29, 1.82) is 0 Å². The van der Waals surface area contributed by atoms with Gasteiger partial charge in [-0.05, 0) is 12.8 Å². The maximum Gasteiger partial charge on any atom is 0.258 e. The van der Waals surface area contributed by atoms with Gasteiger partial charge in [-0.1, -0.05) is 12.8 Å². The molecule has 0 bridgehead atoms. The molecule has 5 nitrogen and oxygen atoms in total. The molecule has 5 heteroatoms. The lowest BCUT2D eigenvalue weighted by atomic mass is 9.99. The van der Waals surface area contributed by atoms with Gasteiger partial charge in [-0.3, -0.25) is 9.36 Å². The van der Waals surface area contributed by atoms with Crippen LogP contribution < -0.4 is 10.9 Å². The molecule has 2 heterocycles. The van der Waals surface area contributed by atoms with E-state index in [0.29, 0.717) is 12.5 Å². The van der Waals surface area contributed by atoms with Crippen molar-refractivity contribution in [2.45, 2.75) is 37.8 Å². The normalized spacial score (nSPS) is 21.6. The van der Waals surface area contributed by atoms with E-state index in [2.05, 4.69) is 10.3 Å². The van der Waals surface area contributed by atoms with Crippen LogP contribution in [0.3, 0.4) is 0 Å². The van der Waals surface area contributed by atoms with Crippen molar-refractivity contribution >= 4 is 5.95 Å². The Morgan fingerprint density at radius 1 is 1.47 bits per heavy atom. The van der Waals surface area contributed by atoms with E-state index >= 15 is 0 Å². The number of nitrogens with zero attached hydrogens (tertiary/aromatic N) is 2. The molecule has 2 aliphatic rings. The summed E-state index contributed by atoms with van der Waals surface area (Å²) in [5.41, 5.74) is -0.152. The molecule has 1 spiro atoms. The van der Waals surface area contributed by atoms with Crippen LogP contribution in [0.1, 0.15) is 25.7 Å². The van der Waals surface area contributed by atoms with Gasteiger partial charge in [0.05, 0.1) is 18.2 Å². The van der Waals surface area contributed by atoms with Gasteiger partial charge in [-0.2, -0.15) is 4.98 Å². The second-order valence-electron chi connectivity index (χ2n) is 4.47. The number of aromatic nitrogens is 2. The van der Waals surface area contributed by atoms with Crippen LogP contribution in [-0.4, -0.2) is 20.2 Å². The lowest BCUT2D eigenvalue weighted by molar-refractivity contribution is 0.439. The van der Waals surface area contributed by atoms with Crippen LogP contribution in [0.2, 0.25) is 0 Å². The van der Waals surface area contributed by atoms with Crippen molar-refractivity contribution in [1.82, 2.24) is 9.55 Å². The average molecular weight is 207 g/mol. The van der Waals surface area contributed by atoms with Gasteiger partial charge in [0, 0.05) is 0 Å². The Bertz CT molecular complexity index is 460. The third-order valence-corrected chi connectivity index (χ3v) is 3.39. The van der Waals surface area contributed by atoms with E-state index in [0.717, 1.165) is 12.8 Å². The summed E-state index contributed by atoms with van der Waals surface area (Å²) in [6.07, 6.45) is 4.55. The highest BCUT2D eigenvalue weighted by atomic mass is 16.3. The maximum absolute atomic E-state index is 11.6. The maximum atomic E-state index is 11.6. The Morgan fingerprint density at radius 2 is 2.20 bits per heavy atom. The summed E-state index contributed by atoms with van der Waals surface area (Å²) >= 11 is 0. The van der Waals surface area contributed by atoms with Gasteiger partial charge in [0.1, 0.15) is 0 Å². The molecule has 1 fully saturated rings. The molecular formula is C10H13N3O2. The zero-order valence-electron chi connectivity index (χ0n) is 8.36. The monoisotopic (exact) mass is 207 g/mol.